The van der Waals surface area contributed by atoms with Gasteiger partial charge in [0.2, 0.25) is 5.91 Å². The van der Waals surface area contributed by atoms with Gasteiger partial charge in [-0.15, -0.1) is 0 Å². The second-order valence-corrected chi connectivity index (χ2v) is 12.1. The SMILES string of the molecule is C=CCOC(=O)N1CC(/C=C(/Cc2cccc(-c3ccc(C(F)(F)F)cc3)n2)C(=O)OCC)C2(C1)CN(C(=O)C1(C(F)(F)F)CC1)C2. The van der Waals surface area contributed by atoms with Gasteiger partial charge >= 0.3 is 24.4 Å². The molecule has 2 aromatic rings. The van der Waals surface area contributed by atoms with E-state index in [1.54, 1.807) is 31.2 Å². The van der Waals surface area contributed by atoms with E-state index in [2.05, 4.69) is 11.6 Å². The van der Waals surface area contributed by atoms with Crippen LogP contribution in [0, 0.1) is 16.7 Å². The van der Waals surface area contributed by atoms with Gasteiger partial charge in [0.25, 0.3) is 0 Å². The first-order valence-electron chi connectivity index (χ1n) is 15.0. The lowest BCUT2D eigenvalue weighted by Gasteiger charge is -2.51. The Bertz CT molecular complexity index is 1560. The molecule has 47 heavy (non-hydrogen) atoms. The van der Waals surface area contributed by atoms with Gasteiger partial charge in [0, 0.05) is 60.8 Å². The summed E-state index contributed by atoms with van der Waals surface area (Å²) >= 11 is 0. The van der Waals surface area contributed by atoms with Crippen LogP contribution in [0.4, 0.5) is 31.1 Å². The first-order valence-corrected chi connectivity index (χ1v) is 15.0. The molecule has 5 rings (SSSR count). The fraction of sp³-hybridized carbons (Fsp3) is 0.455. The van der Waals surface area contributed by atoms with Crippen LogP contribution in [0.3, 0.4) is 0 Å². The van der Waals surface area contributed by atoms with Crippen molar-refractivity contribution in [3.05, 3.63) is 78.0 Å². The summed E-state index contributed by atoms with van der Waals surface area (Å²) < 4.78 is 90.7. The van der Waals surface area contributed by atoms with E-state index in [1.165, 1.54) is 28.0 Å². The van der Waals surface area contributed by atoms with Crippen LogP contribution >= 0.6 is 0 Å². The Hall–Kier alpha value is -4.36. The van der Waals surface area contributed by atoms with Gasteiger partial charge in [-0.1, -0.05) is 36.9 Å². The molecule has 3 aliphatic rings. The predicted octanol–water partition coefficient (Wildman–Crippen LogP) is 6.22. The normalized spacial score (nSPS) is 20.1. The molecular weight excluding hydrogens is 632 g/mol. The smallest absolute Gasteiger partial charge is 0.416 e. The van der Waals surface area contributed by atoms with Crippen molar-refractivity contribution in [2.75, 3.05) is 39.4 Å². The average Bonchev–Trinajstić information content (AvgIpc) is 3.75. The highest BCUT2D eigenvalue weighted by Crippen LogP contribution is 2.60. The number of halogens is 6. The molecule has 2 saturated heterocycles. The van der Waals surface area contributed by atoms with E-state index in [0.29, 0.717) is 17.0 Å². The highest BCUT2D eigenvalue weighted by molar-refractivity contribution is 5.89. The second kappa shape index (κ2) is 12.7. The van der Waals surface area contributed by atoms with Crippen LogP contribution in [0.2, 0.25) is 0 Å². The molecule has 0 N–H and O–H groups in total. The van der Waals surface area contributed by atoms with Crippen molar-refractivity contribution in [1.29, 1.82) is 0 Å². The number of likely N-dealkylation sites (tertiary alicyclic amines) is 2. The molecule has 0 radical (unpaired) electrons. The molecule has 8 nitrogen and oxygen atoms in total. The number of aromatic nitrogens is 1. The molecule has 1 spiro atoms. The fourth-order valence-corrected chi connectivity index (χ4v) is 6.25. The molecule has 14 heteroatoms. The summed E-state index contributed by atoms with van der Waals surface area (Å²) in [5, 5.41) is 0. The van der Waals surface area contributed by atoms with E-state index in [1.807, 2.05) is 0 Å². The van der Waals surface area contributed by atoms with Crippen molar-refractivity contribution in [3.8, 4) is 11.3 Å². The number of hydrogen-bond donors (Lipinski definition) is 0. The Morgan fingerprint density at radius 2 is 1.64 bits per heavy atom. The van der Waals surface area contributed by atoms with E-state index in [4.69, 9.17) is 9.47 Å². The third-order valence-corrected chi connectivity index (χ3v) is 8.92. The average molecular weight is 666 g/mol. The highest BCUT2D eigenvalue weighted by atomic mass is 19.4. The van der Waals surface area contributed by atoms with Gasteiger partial charge in [-0.2, -0.15) is 26.3 Å². The zero-order valence-electron chi connectivity index (χ0n) is 25.5. The number of hydrogen-bond acceptors (Lipinski definition) is 6. The van der Waals surface area contributed by atoms with Gasteiger partial charge < -0.3 is 19.3 Å². The maximum Gasteiger partial charge on any atom is 0.416 e. The molecule has 1 unspecified atom stereocenters. The van der Waals surface area contributed by atoms with Gasteiger partial charge in [-0.05, 0) is 44.0 Å². The van der Waals surface area contributed by atoms with Crippen LogP contribution in [-0.4, -0.2) is 78.3 Å². The number of pyridine rings is 1. The minimum atomic E-state index is -4.67. The number of benzene rings is 1. The molecular formula is C33H33F6N3O5. The number of ether oxygens (including phenoxy) is 2. The Morgan fingerprint density at radius 1 is 0.979 bits per heavy atom. The number of esters is 1. The standard InChI is InChI=1S/C33H33F6N3O5/c1-3-14-47-29(45)41-17-24(30(18-41)19-42(20-30)28(44)31(12-13-31)33(37,38)39)15-22(27(43)46-4-2)16-25-6-5-7-26(40-25)21-8-10-23(11-9-21)32(34,35)36/h3,5-11,15,24H,1,4,12-14,16-20H2,2H3/b22-15-. The highest BCUT2D eigenvalue weighted by Gasteiger charge is 2.71. The molecule has 1 aromatic heterocycles. The summed E-state index contributed by atoms with van der Waals surface area (Å²) in [7, 11) is 0. The van der Waals surface area contributed by atoms with E-state index in [9.17, 15) is 40.7 Å². The molecule has 1 atom stereocenters. The number of rotatable bonds is 9. The molecule has 2 amide bonds. The topological polar surface area (TPSA) is 89.0 Å². The van der Waals surface area contributed by atoms with Crippen LogP contribution in [0.5, 0.6) is 0 Å². The molecule has 3 heterocycles. The summed E-state index contributed by atoms with van der Waals surface area (Å²) in [5.74, 6) is -2.21. The third-order valence-electron chi connectivity index (χ3n) is 8.92. The zero-order chi connectivity index (χ0) is 34.2. The molecule has 1 aliphatic carbocycles. The van der Waals surface area contributed by atoms with Crippen molar-refractivity contribution >= 4 is 18.0 Å². The quantitative estimate of drug-likeness (QED) is 0.137. The maximum absolute atomic E-state index is 13.7. The van der Waals surface area contributed by atoms with Crippen LogP contribution in [0.1, 0.15) is 31.0 Å². The molecule has 3 fully saturated rings. The Morgan fingerprint density at radius 3 is 2.21 bits per heavy atom. The minimum Gasteiger partial charge on any atom is -0.463 e. The lowest BCUT2D eigenvalue weighted by atomic mass is 9.70. The van der Waals surface area contributed by atoms with E-state index >= 15 is 0 Å². The number of nitrogens with zero attached hydrogens (tertiary/aromatic N) is 3. The van der Waals surface area contributed by atoms with Gasteiger partial charge in [-0.25, -0.2) is 9.59 Å². The fourth-order valence-electron chi connectivity index (χ4n) is 6.25. The lowest BCUT2D eigenvalue weighted by Crippen LogP contribution is -2.64. The van der Waals surface area contributed by atoms with E-state index < -0.39 is 52.6 Å². The molecule has 0 bridgehead atoms. The van der Waals surface area contributed by atoms with E-state index in [0.717, 1.165) is 12.1 Å². The number of carbonyl (C=O) groups is 3. The maximum atomic E-state index is 13.7. The van der Waals surface area contributed by atoms with Crippen LogP contribution in [0.25, 0.3) is 11.3 Å². The largest absolute Gasteiger partial charge is 0.463 e. The van der Waals surface area contributed by atoms with Crippen molar-refractivity contribution in [1.82, 2.24) is 14.8 Å². The number of carbonyl (C=O) groups excluding carboxylic acids is 3. The summed E-state index contributed by atoms with van der Waals surface area (Å²) in [6.07, 6.45) is -7.39. The molecule has 252 valence electrons. The first kappa shape index (κ1) is 34.0. The summed E-state index contributed by atoms with van der Waals surface area (Å²) in [5.41, 5.74) is -2.63. The van der Waals surface area contributed by atoms with Crippen molar-refractivity contribution in [2.24, 2.45) is 16.7 Å². The van der Waals surface area contributed by atoms with Gasteiger partial charge in [0.15, 0.2) is 0 Å². The summed E-state index contributed by atoms with van der Waals surface area (Å²) in [6.45, 7) is 5.20. The second-order valence-electron chi connectivity index (χ2n) is 12.1. The van der Waals surface area contributed by atoms with Gasteiger partial charge in [-0.3, -0.25) is 9.78 Å². The third kappa shape index (κ3) is 6.86. The monoisotopic (exact) mass is 665 g/mol. The van der Waals surface area contributed by atoms with Gasteiger partial charge in [0.1, 0.15) is 12.0 Å². The minimum absolute atomic E-state index is 0.0410. The van der Waals surface area contributed by atoms with Crippen molar-refractivity contribution < 1.29 is 50.2 Å². The molecule has 1 aromatic carbocycles. The summed E-state index contributed by atoms with van der Waals surface area (Å²) in [4.78, 5) is 46.1. The number of alkyl halides is 6. The Kier molecular flexibility index (Phi) is 9.17. The zero-order valence-corrected chi connectivity index (χ0v) is 25.5. The molecule has 1 saturated carbocycles. The molecule has 2 aliphatic heterocycles. The van der Waals surface area contributed by atoms with Crippen LogP contribution in [-0.2, 0) is 31.7 Å². The Balaban J connectivity index is 1.42. The lowest BCUT2D eigenvalue weighted by molar-refractivity contribution is -0.205. The summed E-state index contributed by atoms with van der Waals surface area (Å²) in [6, 6.07) is 9.40. The Labute approximate surface area is 267 Å². The number of amides is 2. The van der Waals surface area contributed by atoms with Crippen molar-refractivity contribution in [3.63, 3.8) is 0 Å². The predicted molar refractivity (Wildman–Crippen MR) is 156 cm³/mol. The first-order chi connectivity index (χ1) is 22.1. The van der Waals surface area contributed by atoms with E-state index in [-0.39, 0.29) is 64.2 Å². The van der Waals surface area contributed by atoms with Gasteiger partial charge in [0.05, 0.1) is 17.9 Å². The van der Waals surface area contributed by atoms with Crippen molar-refractivity contribution in [2.45, 2.75) is 38.5 Å². The van der Waals surface area contributed by atoms with Crippen LogP contribution < -0.4 is 0 Å². The van der Waals surface area contributed by atoms with Crippen LogP contribution in [0.15, 0.2) is 66.8 Å².